The van der Waals surface area contributed by atoms with Crippen molar-refractivity contribution in [3.05, 3.63) is 59.2 Å². The van der Waals surface area contributed by atoms with Crippen LogP contribution >= 0.6 is 0 Å². The van der Waals surface area contributed by atoms with Crippen LogP contribution in [-0.4, -0.2) is 11.9 Å². The van der Waals surface area contributed by atoms with Crippen LogP contribution in [0.3, 0.4) is 0 Å². The molecule has 2 aromatic carbocycles. The summed E-state index contributed by atoms with van der Waals surface area (Å²) in [5.41, 5.74) is 3.51. The standard InChI is InChI=1S/C18H18F2N2O/c1-11(18(23)22-17-8-6-14(19)10-16(17)20)21-15-7-5-12-3-2-4-13(12)9-15/h5-11,21H,2-4H2,1H3,(H,22,23). The average Bonchev–Trinajstić information content (AvgIpc) is 2.97. The number of nitrogens with one attached hydrogen (secondary N) is 2. The normalized spacial score (nSPS) is 14.2. The molecule has 0 heterocycles. The van der Waals surface area contributed by atoms with Gasteiger partial charge >= 0.3 is 0 Å². The number of carbonyl (C=O) groups excluding carboxylic acids is 1. The predicted molar refractivity (Wildman–Crippen MR) is 86.5 cm³/mol. The molecule has 23 heavy (non-hydrogen) atoms. The van der Waals surface area contributed by atoms with Crippen LogP contribution in [-0.2, 0) is 17.6 Å². The first kappa shape index (κ1) is 15.5. The fraction of sp³-hybridized carbons (Fsp3) is 0.278. The zero-order valence-electron chi connectivity index (χ0n) is 12.8. The largest absolute Gasteiger partial charge is 0.374 e. The molecule has 3 rings (SSSR count). The fourth-order valence-corrected chi connectivity index (χ4v) is 2.81. The second kappa shape index (κ2) is 6.36. The minimum absolute atomic E-state index is 0.0287. The van der Waals surface area contributed by atoms with Crippen LogP contribution in [0.2, 0.25) is 0 Å². The van der Waals surface area contributed by atoms with E-state index in [0.717, 1.165) is 30.7 Å². The molecule has 1 atom stereocenters. The Morgan fingerprint density at radius 3 is 2.65 bits per heavy atom. The smallest absolute Gasteiger partial charge is 0.246 e. The Bertz CT molecular complexity index is 746. The van der Waals surface area contributed by atoms with Crippen molar-refractivity contribution in [3.63, 3.8) is 0 Å². The van der Waals surface area contributed by atoms with Gasteiger partial charge in [-0.25, -0.2) is 8.78 Å². The van der Waals surface area contributed by atoms with E-state index in [1.165, 1.54) is 23.6 Å². The lowest BCUT2D eigenvalue weighted by Crippen LogP contribution is -2.32. The van der Waals surface area contributed by atoms with Gasteiger partial charge < -0.3 is 10.6 Å². The van der Waals surface area contributed by atoms with E-state index in [1.807, 2.05) is 6.07 Å². The SMILES string of the molecule is CC(Nc1ccc2c(c1)CCC2)C(=O)Nc1ccc(F)cc1F. The number of benzene rings is 2. The van der Waals surface area contributed by atoms with Crippen molar-refractivity contribution in [1.29, 1.82) is 0 Å². The lowest BCUT2D eigenvalue weighted by Gasteiger charge is -2.16. The van der Waals surface area contributed by atoms with Gasteiger partial charge in [0, 0.05) is 11.8 Å². The third-order valence-electron chi connectivity index (χ3n) is 4.06. The van der Waals surface area contributed by atoms with Gasteiger partial charge in [0.2, 0.25) is 5.91 Å². The molecule has 0 fully saturated rings. The molecule has 0 spiro atoms. The second-order valence-corrected chi connectivity index (χ2v) is 5.82. The van der Waals surface area contributed by atoms with Crippen LogP contribution in [0.5, 0.6) is 0 Å². The third-order valence-corrected chi connectivity index (χ3v) is 4.06. The molecule has 2 N–H and O–H groups in total. The van der Waals surface area contributed by atoms with Crippen molar-refractivity contribution in [1.82, 2.24) is 0 Å². The minimum Gasteiger partial charge on any atom is -0.374 e. The molecule has 1 aliphatic rings. The zero-order chi connectivity index (χ0) is 16.4. The Morgan fingerprint density at radius 2 is 1.87 bits per heavy atom. The maximum absolute atomic E-state index is 13.6. The summed E-state index contributed by atoms with van der Waals surface area (Å²) in [4.78, 5) is 12.2. The van der Waals surface area contributed by atoms with Crippen LogP contribution in [0.25, 0.3) is 0 Å². The summed E-state index contributed by atoms with van der Waals surface area (Å²) in [7, 11) is 0. The van der Waals surface area contributed by atoms with Crippen molar-refractivity contribution < 1.29 is 13.6 Å². The summed E-state index contributed by atoms with van der Waals surface area (Å²) in [6.07, 6.45) is 3.33. The average molecular weight is 316 g/mol. The molecule has 1 aliphatic carbocycles. The van der Waals surface area contributed by atoms with E-state index in [2.05, 4.69) is 22.8 Å². The van der Waals surface area contributed by atoms with Gasteiger partial charge in [-0.3, -0.25) is 4.79 Å². The highest BCUT2D eigenvalue weighted by molar-refractivity contribution is 5.96. The van der Waals surface area contributed by atoms with Gasteiger partial charge in [-0.05, 0) is 61.6 Å². The molecule has 3 nitrogen and oxygen atoms in total. The highest BCUT2D eigenvalue weighted by Crippen LogP contribution is 2.25. The van der Waals surface area contributed by atoms with Crippen LogP contribution in [0.4, 0.5) is 20.2 Å². The number of hydrogen-bond acceptors (Lipinski definition) is 2. The highest BCUT2D eigenvalue weighted by atomic mass is 19.1. The Balaban J connectivity index is 1.65. The fourth-order valence-electron chi connectivity index (χ4n) is 2.81. The van der Waals surface area contributed by atoms with Gasteiger partial charge in [0.25, 0.3) is 0 Å². The van der Waals surface area contributed by atoms with Crippen LogP contribution < -0.4 is 10.6 Å². The molecule has 0 bridgehead atoms. The van der Waals surface area contributed by atoms with Gasteiger partial charge in [-0.15, -0.1) is 0 Å². The topological polar surface area (TPSA) is 41.1 Å². The quantitative estimate of drug-likeness (QED) is 0.898. The van der Waals surface area contributed by atoms with Gasteiger partial charge in [-0.2, -0.15) is 0 Å². The van der Waals surface area contributed by atoms with E-state index >= 15 is 0 Å². The van der Waals surface area contributed by atoms with E-state index in [-0.39, 0.29) is 11.6 Å². The molecule has 5 heteroatoms. The number of anilines is 2. The van der Waals surface area contributed by atoms with Crippen molar-refractivity contribution in [2.75, 3.05) is 10.6 Å². The summed E-state index contributed by atoms with van der Waals surface area (Å²) in [5.74, 6) is -1.84. The summed E-state index contributed by atoms with van der Waals surface area (Å²) in [6, 6.07) is 8.61. The first-order chi connectivity index (χ1) is 11.0. The summed E-state index contributed by atoms with van der Waals surface area (Å²) in [6.45, 7) is 1.70. The highest BCUT2D eigenvalue weighted by Gasteiger charge is 2.16. The zero-order valence-corrected chi connectivity index (χ0v) is 12.8. The summed E-state index contributed by atoms with van der Waals surface area (Å²) < 4.78 is 26.5. The van der Waals surface area contributed by atoms with E-state index < -0.39 is 17.7 Å². The van der Waals surface area contributed by atoms with Gasteiger partial charge in [0.15, 0.2) is 0 Å². The van der Waals surface area contributed by atoms with Crippen molar-refractivity contribution in [3.8, 4) is 0 Å². The number of hydrogen-bond donors (Lipinski definition) is 2. The Kier molecular flexibility index (Phi) is 4.28. The van der Waals surface area contributed by atoms with E-state index in [1.54, 1.807) is 6.92 Å². The first-order valence-electron chi connectivity index (χ1n) is 7.67. The molecule has 0 saturated carbocycles. The van der Waals surface area contributed by atoms with E-state index in [0.29, 0.717) is 0 Å². The molecule has 0 aliphatic heterocycles. The molecule has 0 aromatic heterocycles. The summed E-state index contributed by atoms with van der Waals surface area (Å²) >= 11 is 0. The maximum Gasteiger partial charge on any atom is 0.246 e. The second-order valence-electron chi connectivity index (χ2n) is 5.82. The third kappa shape index (κ3) is 3.50. The minimum atomic E-state index is -0.789. The Labute approximate surface area is 133 Å². The first-order valence-corrected chi connectivity index (χ1v) is 7.67. The number of carbonyl (C=O) groups is 1. The van der Waals surface area contributed by atoms with E-state index in [4.69, 9.17) is 0 Å². The van der Waals surface area contributed by atoms with Crippen LogP contribution in [0.15, 0.2) is 36.4 Å². The summed E-state index contributed by atoms with van der Waals surface area (Å²) in [5, 5.41) is 5.58. The monoisotopic (exact) mass is 316 g/mol. The number of halogens is 2. The molecular formula is C18H18F2N2O. The Morgan fingerprint density at radius 1 is 1.09 bits per heavy atom. The lowest BCUT2D eigenvalue weighted by atomic mass is 10.1. The molecule has 2 aromatic rings. The van der Waals surface area contributed by atoms with Crippen molar-refractivity contribution in [2.24, 2.45) is 0 Å². The number of fused-ring (bicyclic) bond motifs is 1. The van der Waals surface area contributed by atoms with Gasteiger partial charge in [0.1, 0.15) is 17.7 Å². The molecule has 1 unspecified atom stereocenters. The van der Waals surface area contributed by atoms with Crippen molar-refractivity contribution >= 4 is 17.3 Å². The van der Waals surface area contributed by atoms with Crippen molar-refractivity contribution in [2.45, 2.75) is 32.2 Å². The lowest BCUT2D eigenvalue weighted by molar-refractivity contribution is -0.116. The van der Waals surface area contributed by atoms with Crippen LogP contribution in [0.1, 0.15) is 24.5 Å². The number of amides is 1. The number of aryl methyl sites for hydroxylation is 2. The van der Waals surface area contributed by atoms with Gasteiger partial charge in [0.05, 0.1) is 5.69 Å². The molecule has 1 amide bonds. The number of rotatable bonds is 4. The maximum atomic E-state index is 13.6. The van der Waals surface area contributed by atoms with E-state index in [9.17, 15) is 13.6 Å². The molecule has 0 radical (unpaired) electrons. The predicted octanol–water partition coefficient (Wildman–Crippen LogP) is 3.89. The van der Waals surface area contributed by atoms with Crippen LogP contribution in [0, 0.1) is 11.6 Å². The molecular weight excluding hydrogens is 298 g/mol. The molecule has 120 valence electrons. The van der Waals surface area contributed by atoms with Gasteiger partial charge in [-0.1, -0.05) is 6.07 Å². The Hall–Kier alpha value is -2.43. The molecule has 0 saturated heterocycles.